The molecule has 0 spiro atoms. The molecule has 3 aromatic heterocycles. The van der Waals surface area contributed by atoms with E-state index in [1.54, 1.807) is 12.3 Å². The number of aryl methyl sites for hydroxylation is 2. The number of hydrogen-bond donors (Lipinski definition) is 1. The summed E-state index contributed by atoms with van der Waals surface area (Å²) in [6, 6.07) is 9.88. The molecule has 4 nitrogen and oxygen atoms in total. The number of nitrogens with zero attached hydrogens (tertiary/aromatic N) is 3. The molecule has 0 amide bonds. The van der Waals surface area contributed by atoms with Crippen molar-refractivity contribution in [3.8, 4) is 5.88 Å². The van der Waals surface area contributed by atoms with Gasteiger partial charge in [0.1, 0.15) is 0 Å². The first-order valence-electron chi connectivity index (χ1n) is 7.12. The minimum Gasteiger partial charge on any atom is -0.494 e. The first-order chi connectivity index (χ1) is 10.6. The second kappa shape index (κ2) is 4.81. The highest BCUT2D eigenvalue weighted by atomic mass is 32.1. The van der Waals surface area contributed by atoms with Crippen molar-refractivity contribution in [2.75, 3.05) is 0 Å². The minimum atomic E-state index is 0.222. The van der Waals surface area contributed by atoms with Gasteiger partial charge in [0.2, 0.25) is 0 Å². The molecule has 5 heteroatoms. The van der Waals surface area contributed by atoms with Gasteiger partial charge in [-0.2, -0.15) is 4.37 Å². The van der Waals surface area contributed by atoms with Gasteiger partial charge in [-0.25, -0.2) is 0 Å². The third kappa shape index (κ3) is 1.97. The maximum absolute atomic E-state index is 10.2. The second-order valence-corrected chi connectivity index (χ2v) is 6.39. The molecular weight excluding hydrogens is 294 g/mol. The molecule has 110 valence electrons. The van der Waals surface area contributed by atoms with E-state index >= 15 is 0 Å². The molecule has 0 aliphatic rings. The van der Waals surface area contributed by atoms with Crippen molar-refractivity contribution in [3.05, 3.63) is 53.3 Å². The van der Waals surface area contributed by atoms with Gasteiger partial charge in [0.15, 0.2) is 5.88 Å². The van der Waals surface area contributed by atoms with Crippen LogP contribution in [-0.2, 0) is 6.54 Å². The van der Waals surface area contributed by atoms with Crippen molar-refractivity contribution in [2.24, 2.45) is 0 Å². The van der Waals surface area contributed by atoms with Crippen LogP contribution in [0.5, 0.6) is 5.88 Å². The third-order valence-corrected chi connectivity index (χ3v) is 4.77. The molecule has 0 atom stereocenters. The van der Waals surface area contributed by atoms with Gasteiger partial charge in [-0.05, 0) is 54.7 Å². The molecule has 3 heterocycles. The Hall–Kier alpha value is -2.40. The van der Waals surface area contributed by atoms with Gasteiger partial charge >= 0.3 is 0 Å². The average Bonchev–Trinajstić information content (AvgIpc) is 3.01. The SMILES string of the molecule is Cc1cc(C)c2c(Cn3c(O)cc4ncccc43)nsc2c1. The smallest absolute Gasteiger partial charge is 0.194 e. The lowest BCUT2D eigenvalue weighted by Gasteiger charge is -2.07. The highest BCUT2D eigenvalue weighted by Gasteiger charge is 2.14. The quantitative estimate of drug-likeness (QED) is 0.608. The van der Waals surface area contributed by atoms with Crippen molar-refractivity contribution in [1.29, 1.82) is 0 Å². The Morgan fingerprint density at radius 2 is 2.09 bits per heavy atom. The van der Waals surface area contributed by atoms with Gasteiger partial charge in [-0.15, -0.1) is 0 Å². The molecule has 0 aliphatic carbocycles. The van der Waals surface area contributed by atoms with Crippen LogP contribution in [0.15, 0.2) is 36.5 Å². The molecule has 0 radical (unpaired) electrons. The molecular formula is C17H15N3OS. The van der Waals surface area contributed by atoms with E-state index in [0.29, 0.717) is 6.54 Å². The zero-order valence-electron chi connectivity index (χ0n) is 12.4. The van der Waals surface area contributed by atoms with Crippen molar-refractivity contribution in [1.82, 2.24) is 13.9 Å². The maximum atomic E-state index is 10.2. The Kier molecular flexibility index (Phi) is 2.90. The van der Waals surface area contributed by atoms with E-state index in [-0.39, 0.29) is 5.88 Å². The fraction of sp³-hybridized carbons (Fsp3) is 0.176. The molecule has 0 fully saturated rings. The summed E-state index contributed by atoms with van der Waals surface area (Å²) in [6.07, 6.45) is 1.73. The Morgan fingerprint density at radius 1 is 1.23 bits per heavy atom. The average molecular weight is 309 g/mol. The van der Waals surface area contributed by atoms with Crippen LogP contribution in [0.4, 0.5) is 0 Å². The van der Waals surface area contributed by atoms with Gasteiger partial charge in [0, 0.05) is 17.6 Å². The van der Waals surface area contributed by atoms with E-state index in [1.807, 2.05) is 16.7 Å². The van der Waals surface area contributed by atoms with Crippen LogP contribution in [0, 0.1) is 13.8 Å². The van der Waals surface area contributed by atoms with Crippen LogP contribution in [-0.4, -0.2) is 19.0 Å². The first-order valence-corrected chi connectivity index (χ1v) is 7.89. The summed E-state index contributed by atoms with van der Waals surface area (Å²) in [5, 5.41) is 11.4. The molecule has 4 aromatic rings. The second-order valence-electron chi connectivity index (χ2n) is 5.58. The summed E-state index contributed by atoms with van der Waals surface area (Å²) >= 11 is 1.51. The summed E-state index contributed by atoms with van der Waals surface area (Å²) in [5.41, 5.74) is 5.19. The lowest BCUT2D eigenvalue weighted by atomic mass is 10.1. The Bertz CT molecular complexity index is 1000. The van der Waals surface area contributed by atoms with Crippen LogP contribution in [0.2, 0.25) is 0 Å². The lowest BCUT2D eigenvalue weighted by molar-refractivity contribution is 0.428. The van der Waals surface area contributed by atoms with E-state index in [9.17, 15) is 5.11 Å². The number of rotatable bonds is 2. The molecule has 0 aliphatic heterocycles. The highest BCUT2D eigenvalue weighted by Crippen LogP contribution is 2.30. The summed E-state index contributed by atoms with van der Waals surface area (Å²) < 4.78 is 7.66. The van der Waals surface area contributed by atoms with Gasteiger partial charge in [0.05, 0.1) is 28.0 Å². The summed E-state index contributed by atoms with van der Waals surface area (Å²) in [4.78, 5) is 4.28. The van der Waals surface area contributed by atoms with Gasteiger partial charge in [-0.1, -0.05) is 6.07 Å². The van der Waals surface area contributed by atoms with Crippen LogP contribution in [0.1, 0.15) is 16.8 Å². The predicted octanol–water partition coefficient (Wildman–Crippen LogP) is 4.02. The van der Waals surface area contributed by atoms with Gasteiger partial charge in [-0.3, -0.25) is 4.98 Å². The maximum Gasteiger partial charge on any atom is 0.194 e. The molecule has 22 heavy (non-hydrogen) atoms. The number of pyridine rings is 1. The zero-order chi connectivity index (χ0) is 15.3. The van der Waals surface area contributed by atoms with Crippen LogP contribution in [0.25, 0.3) is 21.1 Å². The largest absolute Gasteiger partial charge is 0.494 e. The zero-order valence-corrected chi connectivity index (χ0v) is 13.2. The van der Waals surface area contributed by atoms with E-state index in [0.717, 1.165) is 16.7 Å². The highest BCUT2D eigenvalue weighted by molar-refractivity contribution is 7.13. The predicted molar refractivity (Wildman–Crippen MR) is 89.6 cm³/mol. The standard InChI is InChI=1S/C17H15N3OS/c1-10-6-11(2)17-13(19-22-15(17)7-10)9-20-14-4-3-5-18-12(14)8-16(20)21/h3-8,21H,9H2,1-2H3. The monoisotopic (exact) mass is 309 g/mol. The number of aromatic hydroxyl groups is 1. The van der Waals surface area contributed by atoms with Crippen molar-refractivity contribution in [3.63, 3.8) is 0 Å². The number of hydrogen-bond acceptors (Lipinski definition) is 4. The Labute approximate surface area is 131 Å². The van der Waals surface area contributed by atoms with E-state index < -0.39 is 0 Å². The molecule has 4 rings (SSSR count). The van der Waals surface area contributed by atoms with Crippen LogP contribution >= 0.6 is 11.5 Å². The Balaban J connectivity index is 1.88. The van der Waals surface area contributed by atoms with Crippen LogP contribution < -0.4 is 0 Å². The third-order valence-electron chi connectivity index (χ3n) is 3.94. The van der Waals surface area contributed by atoms with Gasteiger partial charge < -0.3 is 9.67 Å². The number of fused-ring (bicyclic) bond motifs is 2. The van der Waals surface area contributed by atoms with Gasteiger partial charge in [0.25, 0.3) is 0 Å². The van der Waals surface area contributed by atoms with E-state index in [1.165, 1.54) is 32.7 Å². The molecule has 0 bridgehead atoms. The number of aromatic nitrogens is 3. The topological polar surface area (TPSA) is 50.9 Å². The molecule has 1 N–H and O–H groups in total. The molecule has 0 saturated carbocycles. The fourth-order valence-corrected chi connectivity index (χ4v) is 3.98. The summed E-state index contributed by atoms with van der Waals surface area (Å²) in [7, 11) is 0. The molecule has 0 unspecified atom stereocenters. The molecule has 1 aromatic carbocycles. The van der Waals surface area contributed by atoms with Crippen molar-refractivity contribution < 1.29 is 5.11 Å². The number of benzene rings is 1. The summed E-state index contributed by atoms with van der Waals surface area (Å²) in [6.45, 7) is 4.76. The lowest BCUT2D eigenvalue weighted by Crippen LogP contribution is -2.00. The van der Waals surface area contributed by atoms with Crippen molar-refractivity contribution in [2.45, 2.75) is 20.4 Å². The fourth-order valence-electron chi connectivity index (χ4n) is 3.02. The Morgan fingerprint density at radius 3 is 2.95 bits per heavy atom. The van der Waals surface area contributed by atoms with Crippen LogP contribution in [0.3, 0.4) is 0 Å². The molecule has 0 saturated heterocycles. The van der Waals surface area contributed by atoms with Crippen molar-refractivity contribution >= 4 is 32.7 Å². The van der Waals surface area contributed by atoms with E-state index in [2.05, 4.69) is 35.3 Å². The first kappa shape index (κ1) is 13.3. The van der Waals surface area contributed by atoms with E-state index in [4.69, 9.17) is 0 Å². The minimum absolute atomic E-state index is 0.222. The normalized spacial score (nSPS) is 11.5. The summed E-state index contributed by atoms with van der Waals surface area (Å²) in [5.74, 6) is 0.222.